The number of nitrogens with zero attached hydrogens (tertiary/aromatic N) is 5. The molecule has 1 atom stereocenters. The van der Waals surface area contributed by atoms with Crippen LogP contribution in [0.3, 0.4) is 0 Å². The molecule has 0 fully saturated rings. The van der Waals surface area contributed by atoms with Gasteiger partial charge in [-0.1, -0.05) is 36.7 Å². The highest BCUT2D eigenvalue weighted by Gasteiger charge is 2.19. The Balaban J connectivity index is 1.64. The van der Waals surface area contributed by atoms with Crippen LogP contribution in [0.25, 0.3) is 0 Å². The van der Waals surface area contributed by atoms with Crippen molar-refractivity contribution >= 4 is 29.0 Å². The number of hydrogen-bond donors (Lipinski definition) is 1. The number of amides is 1. The van der Waals surface area contributed by atoms with Crippen molar-refractivity contribution in [2.24, 2.45) is 5.92 Å². The van der Waals surface area contributed by atoms with Crippen molar-refractivity contribution in [2.75, 3.05) is 5.32 Å². The lowest BCUT2D eigenvalue weighted by molar-refractivity contribution is -0.385. The number of carbonyl (C=O) groups is 1. The third kappa shape index (κ3) is 4.52. The number of benzene rings is 1. The predicted octanol–water partition coefficient (Wildman–Crippen LogP) is 3.10. The smallest absolute Gasteiger partial charge is 0.306 e. The highest BCUT2D eigenvalue weighted by atomic mass is 35.5. The molecule has 28 heavy (non-hydrogen) atoms. The first-order valence-electron chi connectivity index (χ1n) is 8.27. The number of hydrogen-bond acceptors (Lipinski definition) is 5. The van der Waals surface area contributed by atoms with Gasteiger partial charge in [-0.15, -0.1) is 0 Å². The van der Waals surface area contributed by atoms with Crippen LogP contribution in [-0.2, 0) is 17.9 Å². The van der Waals surface area contributed by atoms with Gasteiger partial charge in [0.05, 0.1) is 23.9 Å². The molecule has 0 bridgehead atoms. The normalized spacial score (nSPS) is 12.0. The molecule has 1 amide bonds. The summed E-state index contributed by atoms with van der Waals surface area (Å²) in [6, 6.07) is 6.29. The van der Waals surface area contributed by atoms with Crippen LogP contribution in [0.4, 0.5) is 15.9 Å². The first-order valence-corrected chi connectivity index (χ1v) is 8.65. The number of carbonyl (C=O) groups excluding carboxylic acids is 1. The number of rotatable bonds is 7. The monoisotopic (exact) mass is 406 g/mol. The van der Waals surface area contributed by atoms with Gasteiger partial charge in [0, 0.05) is 11.8 Å². The van der Waals surface area contributed by atoms with E-state index in [1.54, 1.807) is 25.1 Å². The van der Waals surface area contributed by atoms with Gasteiger partial charge in [-0.2, -0.15) is 10.2 Å². The Kier molecular flexibility index (Phi) is 5.69. The molecule has 11 heteroatoms. The Morgan fingerprint density at radius 3 is 2.79 bits per heavy atom. The van der Waals surface area contributed by atoms with E-state index in [9.17, 15) is 19.3 Å². The molecule has 2 aromatic heterocycles. The first kappa shape index (κ1) is 19.5. The largest absolute Gasteiger partial charge is 0.308 e. The van der Waals surface area contributed by atoms with Crippen LogP contribution in [-0.4, -0.2) is 30.4 Å². The van der Waals surface area contributed by atoms with Crippen LogP contribution >= 0.6 is 11.6 Å². The summed E-state index contributed by atoms with van der Waals surface area (Å²) in [6.07, 6.45) is 3.86. The van der Waals surface area contributed by atoms with Gasteiger partial charge in [-0.3, -0.25) is 24.3 Å². The van der Waals surface area contributed by atoms with E-state index >= 15 is 0 Å². The minimum Gasteiger partial charge on any atom is -0.308 e. The van der Waals surface area contributed by atoms with Gasteiger partial charge >= 0.3 is 5.69 Å². The zero-order valence-corrected chi connectivity index (χ0v) is 15.5. The molecule has 3 aromatic rings. The van der Waals surface area contributed by atoms with E-state index in [-0.39, 0.29) is 41.3 Å². The minimum absolute atomic E-state index is 0.146. The molecule has 2 heterocycles. The summed E-state index contributed by atoms with van der Waals surface area (Å²) in [5.74, 6) is -1.13. The summed E-state index contributed by atoms with van der Waals surface area (Å²) >= 11 is 6.11. The van der Waals surface area contributed by atoms with Crippen molar-refractivity contribution in [3.8, 4) is 0 Å². The Hall–Kier alpha value is -3.27. The van der Waals surface area contributed by atoms with Crippen molar-refractivity contribution in [3.05, 3.63) is 69.4 Å². The number of anilines is 1. The summed E-state index contributed by atoms with van der Waals surface area (Å²) in [6.45, 7) is 1.95. The van der Waals surface area contributed by atoms with Gasteiger partial charge in [0.15, 0.2) is 5.82 Å². The minimum atomic E-state index is -0.559. The third-order valence-electron chi connectivity index (χ3n) is 3.99. The van der Waals surface area contributed by atoms with Crippen LogP contribution in [0.1, 0.15) is 12.5 Å². The quantitative estimate of drug-likeness (QED) is 0.479. The maximum Gasteiger partial charge on any atom is 0.306 e. The Morgan fingerprint density at radius 2 is 2.11 bits per heavy atom. The summed E-state index contributed by atoms with van der Waals surface area (Å²) in [5, 5.41) is 21.5. The summed E-state index contributed by atoms with van der Waals surface area (Å²) in [7, 11) is 0. The van der Waals surface area contributed by atoms with Crippen LogP contribution < -0.4 is 5.32 Å². The molecule has 1 N–H and O–H groups in total. The van der Waals surface area contributed by atoms with Crippen molar-refractivity contribution in [3.63, 3.8) is 0 Å². The molecule has 0 saturated carbocycles. The molecule has 0 aliphatic heterocycles. The second-order valence-electron chi connectivity index (χ2n) is 6.18. The molecule has 9 nitrogen and oxygen atoms in total. The fourth-order valence-electron chi connectivity index (χ4n) is 2.51. The molecular weight excluding hydrogens is 391 g/mol. The maximum absolute atomic E-state index is 13.8. The summed E-state index contributed by atoms with van der Waals surface area (Å²) < 4.78 is 16.5. The van der Waals surface area contributed by atoms with Crippen LogP contribution in [0.15, 0.2) is 42.9 Å². The molecule has 0 saturated heterocycles. The SMILES string of the molecule is CC(Cn1cc([N+](=O)[O-])cn1)C(=O)Nc1nn(Cc2ccccc2F)cc1Cl. The van der Waals surface area contributed by atoms with Gasteiger partial charge < -0.3 is 5.32 Å². The number of nitro groups is 1. The topological polar surface area (TPSA) is 108 Å². The van der Waals surface area contributed by atoms with Crippen molar-refractivity contribution in [1.29, 1.82) is 0 Å². The van der Waals surface area contributed by atoms with Crippen LogP contribution in [0, 0.1) is 21.8 Å². The lowest BCUT2D eigenvalue weighted by Crippen LogP contribution is -2.25. The van der Waals surface area contributed by atoms with E-state index < -0.39 is 10.8 Å². The standard InChI is InChI=1S/C17H16ClFN6O3/c1-11(7-23-9-13(6-20-23)25(27)28)17(26)21-16-14(18)10-24(22-16)8-12-4-2-3-5-15(12)19/h2-6,9-11H,7-8H2,1H3,(H,21,22,26). The molecule has 1 unspecified atom stereocenters. The van der Waals surface area contributed by atoms with Gasteiger partial charge in [0.1, 0.15) is 23.2 Å². The average Bonchev–Trinajstić information content (AvgIpc) is 3.24. The highest BCUT2D eigenvalue weighted by Crippen LogP contribution is 2.21. The summed E-state index contributed by atoms with van der Waals surface area (Å²) in [4.78, 5) is 22.5. The molecule has 0 radical (unpaired) electrons. The lowest BCUT2D eigenvalue weighted by Gasteiger charge is -2.11. The Morgan fingerprint density at radius 1 is 1.36 bits per heavy atom. The third-order valence-corrected chi connectivity index (χ3v) is 4.26. The van der Waals surface area contributed by atoms with Crippen molar-refractivity contribution in [1.82, 2.24) is 19.6 Å². The zero-order valence-electron chi connectivity index (χ0n) is 14.7. The molecule has 0 spiro atoms. The highest BCUT2D eigenvalue weighted by molar-refractivity contribution is 6.33. The fraction of sp³-hybridized carbons (Fsp3) is 0.235. The number of nitrogens with one attached hydrogen (secondary N) is 1. The van der Waals surface area contributed by atoms with Crippen LogP contribution in [0.2, 0.25) is 5.02 Å². The molecule has 3 rings (SSSR count). The van der Waals surface area contributed by atoms with Gasteiger partial charge in [-0.25, -0.2) is 4.39 Å². The Labute approximate surface area is 163 Å². The van der Waals surface area contributed by atoms with Crippen LogP contribution in [0.5, 0.6) is 0 Å². The van der Waals surface area contributed by atoms with Gasteiger partial charge in [-0.05, 0) is 6.07 Å². The second kappa shape index (κ2) is 8.17. The van der Waals surface area contributed by atoms with E-state index in [2.05, 4.69) is 15.5 Å². The van der Waals surface area contributed by atoms with Crippen molar-refractivity contribution < 1.29 is 14.1 Å². The van der Waals surface area contributed by atoms with E-state index in [1.165, 1.54) is 27.8 Å². The molecule has 146 valence electrons. The maximum atomic E-state index is 13.8. The van der Waals surface area contributed by atoms with E-state index in [1.807, 2.05) is 0 Å². The molecular formula is C17H16ClFN6O3. The average molecular weight is 407 g/mol. The lowest BCUT2D eigenvalue weighted by atomic mass is 10.1. The first-order chi connectivity index (χ1) is 13.3. The van der Waals surface area contributed by atoms with E-state index in [4.69, 9.17) is 11.6 Å². The molecule has 0 aliphatic rings. The molecule has 0 aliphatic carbocycles. The number of aromatic nitrogens is 4. The second-order valence-corrected chi connectivity index (χ2v) is 6.59. The van der Waals surface area contributed by atoms with E-state index in [0.717, 1.165) is 6.20 Å². The zero-order chi connectivity index (χ0) is 20.3. The van der Waals surface area contributed by atoms with E-state index in [0.29, 0.717) is 5.56 Å². The van der Waals surface area contributed by atoms with Crippen molar-refractivity contribution in [2.45, 2.75) is 20.0 Å². The fourth-order valence-corrected chi connectivity index (χ4v) is 2.71. The molecule has 1 aromatic carbocycles. The predicted molar refractivity (Wildman–Crippen MR) is 99.4 cm³/mol. The summed E-state index contributed by atoms with van der Waals surface area (Å²) in [5.41, 5.74) is 0.288. The number of halogens is 2. The van der Waals surface area contributed by atoms with Gasteiger partial charge in [0.25, 0.3) is 0 Å². The Bertz CT molecular complexity index is 1020. The van der Waals surface area contributed by atoms with Gasteiger partial charge in [0.2, 0.25) is 5.91 Å².